The zero-order chi connectivity index (χ0) is 15.2. The summed E-state index contributed by atoms with van der Waals surface area (Å²) < 4.78 is 1.86. The van der Waals surface area contributed by atoms with Crippen LogP contribution in [0.25, 0.3) is 0 Å². The van der Waals surface area contributed by atoms with Crippen LogP contribution in [-0.2, 0) is 6.54 Å². The number of hydrogen-bond donors (Lipinski definition) is 2. The lowest BCUT2D eigenvalue weighted by Crippen LogP contribution is -2.29. The number of benzene rings is 1. The first-order valence-electron chi connectivity index (χ1n) is 6.85. The van der Waals surface area contributed by atoms with Crippen LogP contribution < -0.4 is 10.6 Å². The summed E-state index contributed by atoms with van der Waals surface area (Å²) in [5, 5.41) is 12.0. The van der Waals surface area contributed by atoms with E-state index in [0.717, 1.165) is 30.9 Å². The monoisotopic (exact) mass is 322 g/mol. The van der Waals surface area contributed by atoms with Crippen molar-refractivity contribution in [2.24, 2.45) is 0 Å². The summed E-state index contributed by atoms with van der Waals surface area (Å²) in [6, 6.07) is 8.12. The van der Waals surface area contributed by atoms with Gasteiger partial charge >= 0.3 is 0 Å². The number of nitrogens with zero attached hydrogens (tertiary/aromatic N) is 2. The number of aromatic nitrogens is 2. The smallest absolute Gasteiger partial charge is 0.170 e. The highest BCUT2D eigenvalue weighted by atomic mass is 35.5. The third-order valence-corrected chi connectivity index (χ3v) is 3.66. The fourth-order valence-electron chi connectivity index (χ4n) is 1.86. The van der Waals surface area contributed by atoms with Gasteiger partial charge in [-0.05, 0) is 44.6 Å². The molecule has 6 heteroatoms. The maximum Gasteiger partial charge on any atom is 0.170 e. The van der Waals surface area contributed by atoms with Gasteiger partial charge in [0.2, 0.25) is 0 Å². The minimum Gasteiger partial charge on any atom is -0.362 e. The quantitative estimate of drug-likeness (QED) is 0.653. The normalized spacial score (nSPS) is 10.4. The molecule has 112 valence electrons. The lowest BCUT2D eigenvalue weighted by molar-refractivity contribution is 0.570. The van der Waals surface area contributed by atoms with Crippen molar-refractivity contribution in [3.8, 4) is 0 Å². The van der Waals surface area contributed by atoms with Crippen LogP contribution in [0.15, 0.2) is 30.5 Å². The largest absolute Gasteiger partial charge is 0.362 e. The minimum absolute atomic E-state index is 0.633. The molecule has 1 aromatic heterocycles. The molecule has 2 aromatic rings. The molecular weight excluding hydrogens is 304 g/mol. The fraction of sp³-hybridized carbons (Fsp3) is 0.333. The van der Waals surface area contributed by atoms with Gasteiger partial charge in [0, 0.05) is 25.0 Å². The minimum atomic E-state index is 0.633. The first kappa shape index (κ1) is 15.8. The number of rotatable bonds is 5. The molecule has 0 bridgehead atoms. The number of nitrogens with one attached hydrogen (secondary N) is 2. The molecule has 0 spiro atoms. The highest BCUT2D eigenvalue weighted by Crippen LogP contribution is 2.12. The second kappa shape index (κ2) is 7.43. The topological polar surface area (TPSA) is 41.9 Å². The predicted molar refractivity (Wildman–Crippen MR) is 92.0 cm³/mol. The van der Waals surface area contributed by atoms with Gasteiger partial charge in [0.1, 0.15) is 0 Å². The van der Waals surface area contributed by atoms with Gasteiger partial charge in [-0.3, -0.25) is 4.68 Å². The van der Waals surface area contributed by atoms with Crippen molar-refractivity contribution >= 4 is 34.6 Å². The maximum absolute atomic E-state index is 5.96. The Morgan fingerprint density at radius 3 is 2.62 bits per heavy atom. The summed E-state index contributed by atoms with van der Waals surface area (Å²) in [6.45, 7) is 5.56. The summed E-state index contributed by atoms with van der Waals surface area (Å²) in [6.07, 6.45) is 2.77. The fourth-order valence-corrected chi connectivity index (χ4v) is 2.23. The van der Waals surface area contributed by atoms with E-state index in [0.29, 0.717) is 10.1 Å². The summed E-state index contributed by atoms with van der Waals surface area (Å²) in [4.78, 5) is 0. The molecule has 0 amide bonds. The molecule has 0 fully saturated rings. The Hall–Kier alpha value is -1.59. The number of aryl methyl sites for hydroxylation is 3. The molecule has 1 aromatic carbocycles. The Balaban J connectivity index is 1.68. The first-order chi connectivity index (χ1) is 10.0. The molecule has 1 heterocycles. The van der Waals surface area contributed by atoms with Crippen molar-refractivity contribution in [1.82, 2.24) is 15.1 Å². The van der Waals surface area contributed by atoms with E-state index in [1.807, 2.05) is 29.9 Å². The summed E-state index contributed by atoms with van der Waals surface area (Å²) in [5.74, 6) is 0. The van der Waals surface area contributed by atoms with E-state index in [1.165, 1.54) is 5.56 Å². The lowest BCUT2D eigenvalue weighted by atomic mass is 10.2. The van der Waals surface area contributed by atoms with Crippen molar-refractivity contribution in [3.05, 3.63) is 46.7 Å². The van der Waals surface area contributed by atoms with Gasteiger partial charge in [-0.25, -0.2) is 0 Å². The zero-order valence-corrected chi connectivity index (χ0v) is 13.8. The van der Waals surface area contributed by atoms with Gasteiger partial charge in [-0.2, -0.15) is 5.10 Å². The van der Waals surface area contributed by atoms with E-state index in [-0.39, 0.29) is 0 Å². The molecule has 0 aliphatic carbocycles. The number of anilines is 1. The number of halogens is 1. The third-order valence-electron chi connectivity index (χ3n) is 3.05. The molecule has 0 radical (unpaired) electrons. The summed E-state index contributed by atoms with van der Waals surface area (Å²) >= 11 is 11.2. The van der Waals surface area contributed by atoms with Gasteiger partial charge in [0.05, 0.1) is 10.7 Å². The standard InChI is InChI=1S/C15H19ClN4S/c1-11-4-6-13(7-5-11)18-15(21)17-8-3-9-20-10-14(16)12(2)19-20/h4-7,10H,3,8-9H2,1-2H3,(H2,17,18,21). The second-order valence-corrected chi connectivity index (χ2v) is 5.74. The van der Waals surface area contributed by atoms with Gasteiger partial charge in [-0.1, -0.05) is 29.3 Å². The molecule has 0 aliphatic heterocycles. The molecule has 4 nitrogen and oxygen atoms in total. The Bertz CT molecular complexity index is 587. The molecule has 0 aliphatic rings. The van der Waals surface area contributed by atoms with Crippen molar-refractivity contribution in [3.63, 3.8) is 0 Å². The van der Waals surface area contributed by atoms with E-state index in [4.69, 9.17) is 23.8 Å². The van der Waals surface area contributed by atoms with Crippen LogP contribution in [0.2, 0.25) is 5.02 Å². The molecule has 0 saturated heterocycles. The molecule has 2 N–H and O–H groups in total. The van der Waals surface area contributed by atoms with Crippen molar-refractivity contribution in [1.29, 1.82) is 0 Å². The van der Waals surface area contributed by atoms with E-state index >= 15 is 0 Å². The second-order valence-electron chi connectivity index (χ2n) is 4.93. The van der Waals surface area contributed by atoms with Gasteiger partial charge in [0.15, 0.2) is 5.11 Å². The molecule has 0 saturated carbocycles. The van der Waals surface area contributed by atoms with Gasteiger partial charge in [0.25, 0.3) is 0 Å². The highest BCUT2D eigenvalue weighted by molar-refractivity contribution is 7.80. The zero-order valence-electron chi connectivity index (χ0n) is 12.2. The van der Waals surface area contributed by atoms with Crippen LogP contribution in [0.1, 0.15) is 17.7 Å². The van der Waals surface area contributed by atoms with Crippen LogP contribution >= 0.6 is 23.8 Å². The van der Waals surface area contributed by atoms with Crippen LogP contribution in [0.5, 0.6) is 0 Å². The molecular formula is C15H19ClN4S. The Kier molecular flexibility index (Phi) is 5.59. The number of thiocarbonyl (C=S) groups is 1. The van der Waals surface area contributed by atoms with Crippen molar-refractivity contribution < 1.29 is 0 Å². The van der Waals surface area contributed by atoms with Gasteiger partial charge in [-0.15, -0.1) is 0 Å². The van der Waals surface area contributed by atoms with Crippen LogP contribution in [0.3, 0.4) is 0 Å². The average molecular weight is 323 g/mol. The maximum atomic E-state index is 5.96. The Labute approximate surface area is 135 Å². The lowest BCUT2D eigenvalue weighted by Gasteiger charge is -2.10. The van der Waals surface area contributed by atoms with Crippen molar-refractivity contribution in [2.75, 3.05) is 11.9 Å². The predicted octanol–water partition coefficient (Wildman–Crippen LogP) is 3.53. The summed E-state index contributed by atoms with van der Waals surface area (Å²) in [5.41, 5.74) is 3.08. The molecule has 21 heavy (non-hydrogen) atoms. The third kappa shape index (κ3) is 5.02. The Morgan fingerprint density at radius 2 is 2.00 bits per heavy atom. The average Bonchev–Trinajstić information content (AvgIpc) is 2.76. The van der Waals surface area contributed by atoms with Crippen LogP contribution in [0, 0.1) is 13.8 Å². The van der Waals surface area contributed by atoms with Crippen LogP contribution in [-0.4, -0.2) is 21.4 Å². The molecule has 0 atom stereocenters. The van der Waals surface area contributed by atoms with Gasteiger partial charge < -0.3 is 10.6 Å². The SMILES string of the molecule is Cc1ccc(NC(=S)NCCCn2cc(Cl)c(C)n2)cc1. The van der Waals surface area contributed by atoms with E-state index in [9.17, 15) is 0 Å². The van der Waals surface area contributed by atoms with Crippen LogP contribution in [0.4, 0.5) is 5.69 Å². The highest BCUT2D eigenvalue weighted by Gasteiger charge is 2.01. The van der Waals surface area contributed by atoms with Crippen molar-refractivity contribution in [2.45, 2.75) is 26.8 Å². The molecule has 0 unspecified atom stereocenters. The first-order valence-corrected chi connectivity index (χ1v) is 7.64. The number of hydrogen-bond acceptors (Lipinski definition) is 2. The molecule has 2 rings (SSSR count). The van der Waals surface area contributed by atoms with E-state index in [2.05, 4.69) is 34.8 Å². The van der Waals surface area contributed by atoms with E-state index < -0.39 is 0 Å². The summed E-state index contributed by atoms with van der Waals surface area (Å²) in [7, 11) is 0. The Morgan fingerprint density at radius 1 is 1.29 bits per heavy atom. The van der Waals surface area contributed by atoms with E-state index in [1.54, 1.807) is 0 Å².